The van der Waals surface area contributed by atoms with Gasteiger partial charge in [-0.25, -0.2) is 0 Å². The molecule has 0 aromatic heterocycles. The Morgan fingerprint density at radius 3 is 2.44 bits per heavy atom. The Kier molecular flexibility index (Phi) is 5.16. The molecule has 0 spiro atoms. The van der Waals surface area contributed by atoms with Crippen LogP contribution < -0.4 is 5.32 Å². The normalized spacial score (nSPS) is 11.3. The number of benzene rings is 1. The van der Waals surface area contributed by atoms with Gasteiger partial charge in [0, 0.05) is 4.47 Å². The lowest BCUT2D eigenvalue weighted by molar-refractivity contribution is 0.0815. The van der Waals surface area contributed by atoms with Gasteiger partial charge in [-0.2, -0.15) is 0 Å². The molecular formula is C13H18BrNO3. The van der Waals surface area contributed by atoms with Gasteiger partial charge in [0.25, 0.3) is 5.91 Å². The first kappa shape index (κ1) is 15.0. The summed E-state index contributed by atoms with van der Waals surface area (Å²) in [6.07, 6.45) is 1.26. The summed E-state index contributed by atoms with van der Waals surface area (Å²) in [6, 6.07) is 4.70. The Hall–Kier alpha value is -1.07. The van der Waals surface area contributed by atoms with Gasteiger partial charge in [-0.3, -0.25) is 4.79 Å². The minimum Gasteiger partial charge on any atom is -0.507 e. The number of carbonyl (C=O) groups excluding carboxylic acids is 1. The molecule has 1 aromatic carbocycles. The van der Waals surface area contributed by atoms with Gasteiger partial charge in [-0.15, -0.1) is 0 Å². The number of nitrogens with one attached hydrogen (secondary N) is 1. The Morgan fingerprint density at radius 1 is 1.39 bits per heavy atom. The van der Waals surface area contributed by atoms with E-state index >= 15 is 0 Å². The van der Waals surface area contributed by atoms with Crippen LogP contribution in [0.5, 0.6) is 5.75 Å². The van der Waals surface area contributed by atoms with E-state index in [0.29, 0.717) is 17.3 Å². The Bertz CT molecular complexity index is 422. The van der Waals surface area contributed by atoms with E-state index in [2.05, 4.69) is 21.2 Å². The van der Waals surface area contributed by atoms with Crippen LogP contribution in [0.2, 0.25) is 0 Å². The highest BCUT2D eigenvalue weighted by Gasteiger charge is 2.28. The fourth-order valence-corrected chi connectivity index (χ4v) is 2.04. The Morgan fingerprint density at radius 2 is 2.00 bits per heavy atom. The van der Waals surface area contributed by atoms with Gasteiger partial charge in [-0.05, 0) is 31.0 Å². The maximum absolute atomic E-state index is 12.1. The minimum absolute atomic E-state index is 0.0825. The van der Waals surface area contributed by atoms with Crippen molar-refractivity contribution in [1.82, 2.24) is 5.32 Å². The number of hydrogen-bond donors (Lipinski definition) is 3. The molecule has 0 saturated heterocycles. The predicted molar refractivity (Wildman–Crippen MR) is 73.7 cm³/mol. The molecule has 0 aliphatic rings. The molecule has 0 bridgehead atoms. The van der Waals surface area contributed by atoms with E-state index in [1.165, 1.54) is 6.07 Å². The first-order chi connectivity index (χ1) is 8.48. The van der Waals surface area contributed by atoms with Crippen molar-refractivity contribution in [3.05, 3.63) is 28.2 Å². The number of phenols is 1. The third-order valence-corrected chi connectivity index (χ3v) is 3.73. The van der Waals surface area contributed by atoms with Crippen molar-refractivity contribution in [3.8, 4) is 5.75 Å². The van der Waals surface area contributed by atoms with Crippen LogP contribution in [0.4, 0.5) is 0 Å². The number of aliphatic hydroxyl groups excluding tert-OH is 1. The summed E-state index contributed by atoms with van der Waals surface area (Å²) in [5.41, 5.74) is -0.422. The van der Waals surface area contributed by atoms with Gasteiger partial charge in [0.2, 0.25) is 0 Å². The number of amides is 1. The first-order valence-corrected chi connectivity index (χ1v) is 6.69. The summed E-state index contributed by atoms with van der Waals surface area (Å²) < 4.78 is 0.705. The smallest absolute Gasteiger partial charge is 0.255 e. The number of phenolic OH excluding ortho intramolecular Hbond substituents is 1. The monoisotopic (exact) mass is 315 g/mol. The van der Waals surface area contributed by atoms with Crippen molar-refractivity contribution in [1.29, 1.82) is 0 Å². The molecule has 18 heavy (non-hydrogen) atoms. The lowest BCUT2D eigenvalue weighted by atomic mass is 9.93. The third kappa shape index (κ3) is 3.23. The van der Waals surface area contributed by atoms with Gasteiger partial charge in [0.05, 0.1) is 17.7 Å². The average Bonchev–Trinajstić information content (AvgIpc) is 2.36. The molecule has 0 unspecified atom stereocenters. The molecule has 0 saturated carbocycles. The minimum atomic E-state index is -0.628. The summed E-state index contributed by atoms with van der Waals surface area (Å²) in [5.74, 6) is -0.460. The maximum atomic E-state index is 12.1. The van der Waals surface area contributed by atoms with Gasteiger partial charge in [0.15, 0.2) is 0 Å². The van der Waals surface area contributed by atoms with Gasteiger partial charge >= 0.3 is 0 Å². The summed E-state index contributed by atoms with van der Waals surface area (Å²) in [5, 5.41) is 21.9. The summed E-state index contributed by atoms with van der Waals surface area (Å²) in [4.78, 5) is 12.1. The van der Waals surface area contributed by atoms with E-state index in [0.717, 1.165) is 0 Å². The second-order valence-corrected chi connectivity index (χ2v) is 5.18. The lowest BCUT2D eigenvalue weighted by Gasteiger charge is -2.30. The summed E-state index contributed by atoms with van der Waals surface area (Å²) in [6.45, 7) is 3.69. The molecular weight excluding hydrogens is 298 g/mol. The van der Waals surface area contributed by atoms with Crippen LogP contribution in [0.15, 0.2) is 22.7 Å². The van der Waals surface area contributed by atoms with E-state index < -0.39 is 5.54 Å². The Labute approximate surface area is 115 Å². The molecule has 0 aliphatic carbocycles. The van der Waals surface area contributed by atoms with Crippen LogP contribution in [-0.2, 0) is 0 Å². The van der Waals surface area contributed by atoms with Crippen molar-refractivity contribution < 1.29 is 15.0 Å². The van der Waals surface area contributed by atoms with Crippen LogP contribution in [0.3, 0.4) is 0 Å². The second-order valence-electron chi connectivity index (χ2n) is 4.26. The lowest BCUT2D eigenvalue weighted by Crippen LogP contribution is -2.50. The molecule has 0 atom stereocenters. The average molecular weight is 316 g/mol. The predicted octanol–water partition coefficient (Wildman–Crippen LogP) is 2.44. The van der Waals surface area contributed by atoms with Crippen LogP contribution in [0.1, 0.15) is 37.0 Å². The number of hydrogen-bond acceptors (Lipinski definition) is 3. The SMILES string of the molecule is CCC(CC)(CO)NC(=O)c1ccc(Br)cc1O. The van der Waals surface area contributed by atoms with Crippen molar-refractivity contribution >= 4 is 21.8 Å². The first-order valence-electron chi connectivity index (χ1n) is 5.90. The number of halogens is 1. The topological polar surface area (TPSA) is 69.6 Å². The summed E-state index contributed by atoms with van der Waals surface area (Å²) >= 11 is 3.22. The molecule has 100 valence electrons. The molecule has 4 nitrogen and oxygen atoms in total. The van der Waals surface area contributed by atoms with Gasteiger partial charge < -0.3 is 15.5 Å². The number of aromatic hydroxyl groups is 1. The number of aliphatic hydroxyl groups is 1. The Balaban J connectivity index is 2.94. The van der Waals surface area contributed by atoms with Crippen LogP contribution in [0, 0.1) is 0 Å². The zero-order chi connectivity index (χ0) is 13.8. The van der Waals surface area contributed by atoms with E-state index in [9.17, 15) is 15.0 Å². The van der Waals surface area contributed by atoms with Gasteiger partial charge in [-0.1, -0.05) is 29.8 Å². The largest absolute Gasteiger partial charge is 0.507 e. The number of carbonyl (C=O) groups is 1. The number of rotatable bonds is 5. The van der Waals surface area contributed by atoms with Crippen molar-refractivity contribution in [2.45, 2.75) is 32.2 Å². The molecule has 0 heterocycles. The molecule has 1 rings (SSSR count). The zero-order valence-corrected chi connectivity index (χ0v) is 12.1. The molecule has 0 radical (unpaired) electrons. The van der Waals surface area contributed by atoms with Crippen molar-refractivity contribution in [2.75, 3.05) is 6.61 Å². The van der Waals surface area contributed by atoms with Crippen molar-refractivity contribution in [3.63, 3.8) is 0 Å². The van der Waals surface area contributed by atoms with E-state index in [-0.39, 0.29) is 23.8 Å². The van der Waals surface area contributed by atoms with Crippen LogP contribution >= 0.6 is 15.9 Å². The molecule has 0 aliphatic heterocycles. The highest BCUT2D eigenvalue weighted by Crippen LogP contribution is 2.23. The highest BCUT2D eigenvalue weighted by atomic mass is 79.9. The van der Waals surface area contributed by atoms with Gasteiger partial charge in [0.1, 0.15) is 5.75 Å². The molecule has 3 N–H and O–H groups in total. The van der Waals surface area contributed by atoms with Crippen molar-refractivity contribution in [2.24, 2.45) is 0 Å². The van der Waals surface area contributed by atoms with E-state index in [1.54, 1.807) is 12.1 Å². The molecule has 0 fully saturated rings. The van der Waals surface area contributed by atoms with Crippen LogP contribution in [-0.4, -0.2) is 28.3 Å². The highest BCUT2D eigenvalue weighted by molar-refractivity contribution is 9.10. The zero-order valence-electron chi connectivity index (χ0n) is 10.5. The second kappa shape index (κ2) is 6.20. The molecule has 1 amide bonds. The molecule has 5 heteroatoms. The summed E-state index contributed by atoms with van der Waals surface area (Å²) in [7, 11) is 0. The fraction of sp³-hybridized carbons (Fsp3) is 0.462. The maximum Gasteiger partial charge on any atom is 0.255 e. The molecule has 1 aromatic rings. The fourth-order valence-electron chi connectivity index (χ4n) is 1.69. The quantitative estimate of drug-likeness (QED) is 0.781. The standard InChI is InChI=1S/C13H18BrNO3/c1-3-13(4-2,8-16)15-12(18)10-6-5-9(14)7-11(10)17/h5-7,16-17H,3-4,8H2,1-2H3,(H,15,18). The van der Waals surface area contributed by atoms with Crippen LogP contribution in [0.25, 0.3) is 0 Å². The van der Waals surface area contributed by atoms with E-state index in [1.807, 2.05) is 13.8 Å². The van der Waals surface area contributed by atoms with E-state index in [4.69, 9.17) is 0 Å². The third-order valence-electron chi connectivity index (χ3n) is 3.24.